The molecule has 0 atom stereocenters. The molecule has 3 amide bonds. The molecule has 0 unspecified atom stereocenters. The molecule has 0 aliphatic rings. The molecule has 6 nitrogen and oxygen atoms in total. The SMILES string of the molecule is CC(=O)Nc1cccc(NC(=O)C(=O)Nc2ccccc2Cl)c1. The second kappa shape index (κ2) is 7.42. The highest BCUT2D eigenvalue weighted by atomic mass is 35.5. The van der Waals surface area contributed by atoms with Crippen LogP contribution < -0.4 is 16.0 Å². The molecule has 118 valence electrons. The van der Waals surface area contributed by atoms with Gasteiger partial charge in [-0.15, -0.1) is 0 Å². The Morgan fingerprint density at radius 3 is 2.09 bits per heavy atom. The maximum absolute atomic E-state index is 11.9. The van der Waals surface area contributed by atoms with E-state index in [1.807, 2.05) is 0 Å². The molecular weight excluding hydrogens is 318 g/mol. The van der Waals surface area contributed by atoms with Crippen molar-refractivity contribution < 1.29 is 14.4 Å². The predicted octanol–water partition coefficient (Wildman–Crippen LogP) is 2.88. The van der Waals surface area contributed by atoms with Crippen LogP contribution in [0.15, 0.2) is 48.5 Å². The van der Waals surface area contributed by atoms with Gasteiger partial charge in [0.2, 0.25) is 5.91 Å². The van der Waals surface area contributed by atoms with Gasteiger partial charge in [-0.25, -0.2) is 0 Å². The lowest BCUT2D eigenvalue weighted by atomic mass is 10.2. The van der Waals surface area contributed by atoms with Gasteiger partial charge in [0.25, 0.3) is 0 Å². The van der Waals surface area contributed by atoms with Crippen LogP contribution in [0.3, 0.4) is 0 Å². The highest BCUT2D eigenvalue weighted by Crippen LogP contribution is 2.20. The fraction of sp³-hybridized carbons (Fsp3) is 0.0625. The van der Waals surface area contributed by atoms with Gasteiger partial charge in [0.05, 0.1) is 10.7 Å². The van der Waals surface area contributed by atoms with E-state index in [0.717, 1.165) is 0 Å². The first-order valence-corrected chi connectivity index (χ1v) is 7.08. The first-order valence-electron chi connectivity index (χ1n) is 6.70. The summed E-state index contributed by atoms with van der Waals surface area (Å²) in [5.41, 5.74) is 1.25. The van der Waals surface area contributed by atoms with E-state index in [2.05, 4.69) is 16.0 Å². The van der Waals surface area contributed by atoms with Gasteiger partial charge in [0, 0.05) is 18.3 Å². The van der Waals surface area contributed by atoms with Gasteiger partial charge in [-0.3, -0.25) is 14.4 Å². The summed E-state index contributed by atoms with van der Waals surface area (Å²) in [6, 6.07) is 13.1. The van der Waals surface area contributed by atoms with Crippen molar-refractivity contribution in [3.8, 4) is 0 Å². The van der Waals surface area contributed by atoms with Crippen molar-refractivity contribution in [3.63, 3.8) is 0 Å². The van der Waals surface area contributed by atoms with Gasteiger partial charge in [-0.2, -0.15) is 0 Å². The summed E-state index contributed by atoms with van der Waals surface area (Å²) >= 11 is 5.92. The Morgan fingerprint density at radius 1 is 0.826 bits per heavy atom. The van der Waals surface area contributed by atoms with Crippen molar-refractivity contribution in [2.75, 3.05) is 16.0 Å². The van der Waals surface area contributed by atoms with Gasteiger partial charge >= 0.3 is 11.8 Å². The van der Waals surface area contributed by atoms with E-state index in [4.69, 9.17) is 11.6 Å². The van der Waals surface area contributed by atoms with E-state index in [1.165, 1.54) is 6.92 Å². The minimum Gasteiger partial charge on any atom is -0.326 e. The molecule has 0 heterocycles. The molecule has 0 saturated heterocycles. The van der Waals surface area contributed by atoms with Crippen LogP contribution >= 0.6 is 11.6 Å². The molecule has 0 aliphatic heterocycles. The van der Waals surface area contributed by atoms with Crippen LogP contribution in [-0.2, 0) is 14.4 Å². The highest BCUT2D eigenvalue weighted by Gasteiger charge is 2.15. The minimum absolute atomic E-state index is 0.232. The predicted molar refractivity (Wildman–Crippen MR) is 89.5 cm³/mol. The van der Waals surface area contributed by atoms with Crippen LogP contribution in [0, 0.1) is 0 Å². The number of rotatable bonds is 3. The fourth-order valence-corrected chi connectivity index (χ4v) is 1.99. The highest BCUT2D eigenvalue weighted by molar-refractivity contribution is 6.44. The molecule has 2 rings (SSSR count). The third-order valence-electron chi connectivity index (χ3n) is 2.77. The third-order valence-corrected chi connectivity index (χ3v) is 3.10. The lowest BCUT2D eigenvalue weighted by Gasteiger charge is -2.09. The van der Waals surface area contributed by atoms with Crippen LogP contribution in [0.5, 0.6) is 0 Å². The zero-order chi connectivity index (χ0) is 16.8. The zero-order valence-corrected chi connectivity index (χ0v) is 13.0. The smallest absolute Gasteiger partial charge is 0.314 e. The van der Waals surface area contributed by atoms with Crippen molar-refractivity contribution >= 4 is 46.4 Å². The Morgan fingerprint density at radius 2 is 1.43 bits per heavy atom. The van der Waals surface area contributed by atoms with Gasteiger partial charge in [0.15, 0.2) is 0 Å². The number of anilines is 3. The standard InChI is InChI=1S/C16H14ClN3O3/c1-10(21)18-11-5-4-6-12(9-11)19-15(22)16(23)20-14-8-3-2-7-13(14)17/h2-9H,1H3,(H,18,21)(H,19,22)(H,20,23). The molecule has 23 heavy (non-hydrogen) atoms. The third kappa shape index (κ3) is 4.82. The average molecular weight is 332 g/mol. The van der Waals surface area contributed by atoms with E-state index in [-0.39, 0.29) is 5.91 Å². The second-order valence-corrected chi connectivity index (χ2v) is 5.06. The maximum Gasteiger partial charge on any atom is 0.314 e. The fourth-order valence-electron chi connectivity index (χ4n) is 1.81. The molecule has 2 aromatic carbocycles. The quantitative estimate of drug-likeness (QED) is 0.756. The Labute approximate surface area is 137 Å². The second-order valence-electron chi connectivity index (χ2n) is 4.65. The summed E-state index contributed by atoms with van der Waals surface area (Å²) in [4.78, 5) is 34.8. The number of halogens is 1. The summed E-state index contributed by atoms with van der Waals surface area (Å²) < 4.78 is 0. The topological polar surface area (TPSA) is 87.3 Å². The molecular formula is C16H14ClN3O3. The monoisotopic (exact) mass is 331 g/mol. The van der Waals surface area contributed by atoms with Crippen LogP contribution in [-0.4, -0.2) is 17.7 Å². The van der Waals surface area contributed by atoms with Crippen LogP contribution in [0.1, 0.15) is 6.92 Å². The Hall–Kier alpha value is -2.86. The van der Waals surface area contributed by atoms with Crippen LogP contribution in [0.25, 0.3) is 0 Å². The van der Waals surface area contributed by atoms with Gasteiger partial charge in [-0.05, 0) is 30.3 Å². The van der Waals surface area contributed by atoms with Crippen molar-refractivity contribution in [3.05, 3.63) is 53.6 Å². The Balaban J connectivity index is 2.02. The number of hydrogen-bond donors (Lipinski definition) is 3. The van der Waals surface area contributed by atoms with E-state index < -0.39 is 11.8 Å². The Kier molecular flexibility index (Phi) is 5.32. The van der Waals surface area contributed by atoms with Gasteiger partial charge in [0.1, 0.15) is 0 Å². The molecule has 3 N–H and O–H groups in total. The molecule has 0 fully saturated rings. The largest absolute Gasteiger partial charge is 0.326 e. The van der Waals surface area contributed by atoms with Crippen molar-refractivity contribution in [1.82, 2.24) is 0 Å². The summed E-state index contributed by atoms with van der Waals surface area (Å²) in [5, 5.41) is 7.80. The van der Waals surface area contributed by atoms with Crippen molar-refractivity contribution in [2.24, 2.45) is 0 Å². The summed E-state index contributed by atoms with van der Waals surface area (Å²) in [6.45, 7) is 1.38. The minimum atomic E-state index is -0.844. The van der Waals surface area contributed by atoms with E-state index in [9.17, 15) is 14.4 Å². The zero-order valence-electron chi connectivity index (χ0n) is 12.2. The van der Waals surface area contributed by atoms with Gasteiger partial charge in [-0.1, -0.05) is 29.8 Å². The summed E-state index contributed by atoms with van der Waals surface area (Å²) in [6.07, 6.45) is 0. The number of para-hydroxylation sites is 1. The van der Waals surface area contributed by atoms with E-state index in [1.54, 1.807) is 48.5 Å². The molecule has 7 heteroatoms. The lowest BCUT2D eigenvalue weighted by molar-refractivity contribution is -0.132. The number of amides is 3. The average Bonchev–Trinajstić information content (AvgIpc) is 2.49. The molecule has 0 aromatic heterocycles. The number of benzene rings is 2. The van der Waals surface area contributed by atoms with Crippen molar-refractivity contribution in [2.45, 2.75) is 6.92 Å². The molecule has 0 bridgehead atoms. The number of carbonyl (C=O) groups is 3. The lowest BCUT2D eigenvalue weighted by Crippen LogP contribution is -2.29. The molecule has 0 radical (unpaired) electrons. The number of nitrogens with one attached hydrogen (secondary N) is 3. The first kappa shape index (κ1) is 16.5. The van der Waals surface area contributed by atoms with E-state index in [0.29, 0.717) is 22.1 Å². The van der Waals surface area contributed by atoms with Crippen molar-refractivity contribution in [1.29, 1.82) is 0 Å². The first-order chi connectivity index (χ1) is 11.0. The van der Waals surface area contributed by atoms with Crippen LogP contribution in [0.4, 0.5) is 17.1 Å². The molecule has 2 aromatic rings. The van der Waals surface area contributed by atoms with Gasteiger partial charge < -0.3 is 16.0 Å². The molecule has 0 saturated carbocycles. The summed E-state index contributed by atoms with van der Waals surface area (Å²) in [7, 11) is 0. The maximum atomic E-state index is 11.9. The molecule has 0 aliphatic carbocycles. The number of hydrogen-bond acceptors (Lipinski definition) is 3. The summed E-state index contributed by atoms with van der Waals surface area (Å²) in [5.74, 6) is -1.92. The normalized spacial score (nSPS) is 9.83. The Bertz CT molecular complexity index is 762. The number of carbonyl (C=O) groups excluding carboxylic acids is 3. The van der Waals surface area contributed by atoms with E-state index >= 15 is 0 Å². The molecule has 0 spiro atoms. The van der Waals surface area contributed by atoms with Crippen LogP contribution in [0.2, 0.25) is 5.02 Å².